The van der Waals surface area contributed by atoms with Crippen LogP contribution in [0.1, 0.15) is 48.3 Å². The fraction of sp³-hybridized carbons (Fsp3) is 0.200. The van der Waals surface area contributed by atoms with Crippen LogP contribution in [0.25, 0.3) is 6.08 Å². The Bertz CT molecular complexity index is 1400. The average Bonchev–Trinajstić information content (AvgIpc) is 3.08. The molecule has 2 aromatic carbocycles. The lowest BCUT2D eigenvalue weighted by molar-refractivity contribution is -0.139. The van der Waals surface area contributed by atoms with Gasteiger partial charge >= 0.3 is 5.97 Å². The third-order valence-corrected chi connectivity index (χ3v) is 6.23. The van der Waals surface area contributed by atoms with E-state index >= 15 is 0 Å². The van der Waals surface area contributed by atoms with Crippen LogP contribution >= 0.6 is 11.3 Å². The normalized spacial score (nSPS) is 15.8. The van der Waals surface area contributed by atoms with E-state index in [1.807, 2.05) is 30.3 Å². The molecule has 0 fully saturated rings. The van der Waals surface area contributed by atoms with E-state index in [2.05, 4.69) is 4.99 Å². The number of carbonyl (C=O) groups excluding carboxylic acids is 2. The third kappa shape index (κ3) is 3.99. The van der Waals surface area contributed by atoms with Gasteiger partial charge in [-0.15, -0.1) is 0 Å². The summed E-state index contributed by atoms with van der Waals surface area (Å²) >= 11 is 1.27. The Morgan fingerprint density at radius 3 is 2.44 bits per heavy atom. The monoisotopic (exact) mass is 446 g/mol. The highest BCUT2D eigenvalue weighted by molar-refractivity contribution is 7.07. The maximum atomic E-state index is 13.5. The molecule has 0 bridgehead atoms. The number of hydrogen-bond donors (Lipinski definition) is 0. The van der Waals surface area contributed by atoms with Crippen LogP contribution in [-0.4, -0.2) is 22.9 Å². The Morgan fingerprint density at radius 1 is 1.12 bits per heavy atom. The maximum absolute atomic E-state index is 13.5. The molecule has 0 aliphatic carbocycles. The van der Waals surface area contributed by atoms with Crippen molar-refractivity contribution in [1.82, 2.24) is 4.57 Å². The summed E-state index contributed by atoms with van der Waals surface area (Å²) in [5.41, 5.74) is 2.90. The van der Waals surface area contributed by atoms with Crippen LogP contribution in [0.5, 0.6) is 0 Å². The molecule has 1 atom stereocenters. The zero-order valence-electron chi connectivity index (χ0n) is 18.0. The summed E-state index contributed by atoms with van der Waals surface area (Å²) in [6, 6.07) is 15.9. The first-order valence-corrected chi connectivity index (χ1v) is 11.1. The molecular weight excluding hydrogens is 424 g/mol. The molecule has 0 amide bonds. The highest BCUT2D eigenvalue weighted by Crippen LogP contribution is 2.30. The first-order valence-electron chi connectivity index (χ1n) is 10.3. The highest BCUT2D eigenvalue weighted by Gasteiger charge is 2.33. The van der Waals surface area contributed by atoms with E-state index in [0.29, 0.717) is 26.2 Å². The number of ketones is 1. The number of Topliss-reactive ketones (excluding diaryl/α,β-unsaturated/α-hetero) is 1. The van der Waals surface area contributed by atoms with E-state index in [0.717, 1.165) is 11.1 Å². The second kappa shape index (κ2) is 8.88. The summed E-state index contributed by atoms with van der Waals surface area (Å²) in [6.45, 7) is 5.26. The van der Waals surface area contributed by atoms with Crippen LogP contribution in [-0.2, 0) is 9.53 Å². The van der Waals surface area contributed by atoms with Crippen molar-refractivity contribution in [2.75, 3.05) is 6.61 Å². The number of allylic oxidation sites excluding steroid dienone is 1. The quantitative estimate of drug-likeness (QED) is 0.446. The first kappa shape index (κ1) is 21.6. The predicted molar refractivity (Wildman–Crippen MR) is 123 cm³/mol. The molecule has 1 aromatic heterocycles. The SMILES string of the molecule is CCOC(=O)C1=C(C)N=c2s/c(=C\c3ccc(C(C)=O)cc3)c(=O)n2[C@@H]1c1ccccc1. The summed E-state index contributed by atoms with van der Waals surface area (Å²) < 4.78 is 7.35. The number of fused-ring (bicyclic) bond motifs is 1. The lowest BCUT2D eigenvalue weighted by Crippen LogP contribution is -2.39. The molecule has 3 aromatic rings. The van der Waals surface area contributed by atoms with Gasteiger partial charge < -0.3 is 4.74 Å². The van der Waals surface area contributed by atoms with Gasteiger partial charge in [0.2, 0.25) is 0 Å². The number of aromatic nitrogens is 1. The zero-order chi connectivity index (χ0) is 22.8. The Morgan fingerprint density at radius 2 is 1.81 bits per heavy atom. The van der Waals surface area contributed by atoms with Gasteiger partial charge in [-0.1, -0.05) is 65.9 Å². The van der Waals surface area contributed by atoms with Gasteiger partial charge in [-0.05, 0) is 38.0 Å². The fourth-order valence-corrected chi connectivity index (χ4v) is 4.75. The molecule has 6 nitrogen and oxygen atoms in total. The second-order valence-electron chi connectivity index (χ2n) is 7.39. The van der Waals surface area contributed by atoms with Gasteiger partial charge in [0, 0.05) is 5.56 Å². The van der Waals surface area contributed by atoms with Crippen molar-refractivity contribution in [3.05, 3.63) is 102 Å². The van der Waals surface area contributed by atoms with Crippen molar-refractivity contribution < 1.29 is 14.3 Å². The molecule has 0 saturated carbocycles. The average molecular weight is 447 g/mol. The Kier molecular flexibility index (Phi) is 6.01. The Hall–Kier alpha value is -3.58. The maximum Gasteiger partial charge on any atom is 0.338 e. The molecule has 1 aliphatic rings. The summed E-state index contributed by atoms with van der Waals surface area (Å²) in [6.07, 6.45) is 1.78. The molecule has 0 N–H and O–H groups in total. The number of thiazole rings is 1. The standard InChI is InChI=1S/C25H22N2O4S/c1-4-31-24(30)21-15(2)26-25-27(22(21)19-8-6-5-7-9-19)23(29)20(32-25)14-17-10-12-18(13-11-17)16(3)28/h5-14,22H,4H2,1-3H3/b20-14-/t22-/m1/s1. The van der Waals surface area contributed by atoms with Crippen LogP contribution in [0.15, 0.2) is 75.7 Å². The van der Waals surface area contributed by atoms with Crippen LogP contribution < -0.4 is 14.9 Å². The number of benzene rings is 2. The molecular formula is C25H22N2O4S. The lowest BCUT2D eigenvalue weighted by atomic mass is 9.96. The molecule has 0 unspecified atom stereocenters. The molecule has 0 saturated heterocycles. The number of rotatable bonds is 5. The highest BCUT2D eigenvalue weighted by atomic mass is 32.1. The predicted octanol–water partition coefficient (Wildman–Crippen LogP) is 3.00. The minimum absolute atomic E-state index is 0.0132. The summed E-state index contributed by atoms with van der Waals surface area (Å²) in [5, 5.41) is 0. The molecule has 0 spiro atoms. The van der Waals surface area contributed by atoms with Crippen molar-refractivity contribution in [3.63, 3.8) is 0 Å². The van der Waals surface area contributed by atoms with Crippen molar-refractivity contribution in [2.45, 2.75) is 26.8 Å². The van der Waals surface area contributed by atoms with Crippen LogP contribution in [0.2, 0.25) is 0 Å². The Balaban J connectivity index is 1.90. The topological polar surface area (TPSA) is 77.7 Å². The van der Waals surface area contributed by atoms with Crippen LogP contribution in [0.4, 0.5) is 0 Å². The van der Waals surface area contributed by atoms with Crippen molar-refractivity contribution in [1.29, 1.82) is 0 Å². The smallest absolute Gasteiger partial charge is 0.338 e. The summed E-state index contributed by atoms with van der Waals surface area (Å²) in [4.78, 5) is 42.9. The summed E-state index contributed by atoms with van der Waals surface area (Å²) in [5.74, 6) is -0.488. The van der Waals surface area contributed by atoms with Gasteiger partial charge in [0.1, 0.15) is 0 Å². The van der Waals surface area contributed by atoms with E-state index in [4.69, 9.17) is 4.74 Å². The van der Waals surface area contributed by atoms with Crippen LogP contribution in [0.3, 0.4) is 0 Å². The molecule has 4 rings (SSSR count). The van der Waals surface area contributed by atoms with Crippen molar-refractivity contribution in [2.24, 2.45) is 4.99 Å². The molecule has 32 heavy (non-hydrogen) atoms. The van der Waals surface area contributed by atoms with Crippen LogP contribution in [0, 0.1) is 0 Å². The van der Waals surface area contributed by atoms with E-state index in [1.165, 1.54) is 18.3 Å². The second-order valence-corrected chi connectivity index (χ2v) is 8.40. The number of ether oxygens (including phenoxy) is 1. The van der Waals surface area contributed by atoms with E-state index in [9.17, 15) is 14.4 Å². The molecule has 7 heteroatoms. The van der Waals surface area contributed by atoms with Crippen molar-refractivity contribution in [3.8, 4) is 0 Å². The molecule has 162 valence electrons. The number of hydrogen-bond acceptors (Lipinski definition) is 6. The van der Waals surface area contributed by atoms with Crippen molar-refractivity contribution >= 4 is 29.2 Å². The van der Waals surface area contributed by atoms with E-state index < -0.39 is 12.0 Å². The van der Waals surface area contributed by atoms with Gasteiger partial charge in [-0.3, -0.25) is 14.2 Å². The zero-order valence-corrected chi connectivity index (χ0v) is 18.8. The molecule has 1 aliphatic heterocycles. The molecule has 0 radical (unpaired) electrons. The third-order valence-electron chi connectivity index (χ3n) is 5.25. The van der Waals surface area contributed by atoms with Gasteiger partial charge in [0.25, 0.3) is 5.56 Å². The Labute approximate surface area is 188 Å². The number of nitrogens with zero attached hydrogens (tertiary/aromatic N) is 2. The van der Waals surface area contributed by atoms with E-state index in [-0.39, 0.29) is 17.9 Å². The minimum atomic E-state index is -0.617. The molecule has 2 heterocycles. The first-order chi connectivity index (χ1) is 15.4. The van der Waals surface area contributed by atoms with Gasteiger partial charge in [-0.2, -0.15) is 0 Å². The van der Waals surface area contributed by atoms with Gasteiger partial charge in [0.05, 0.1) is 28.5 Å². The fourth-order valence-electron chi connectivity index (χ4n) is 3.71. The number of carbonyl (C=O) groups is 2. The summed E-state index contributed by atoms with van der Waals surface area (Å²) in [7, 11) is 0. The number of esters is 1. The van der Waals surface area contributed by atoms with Gasteiger partial charge in [-0.25, -0.2) is 9.79 Å². The lowest BCUT2D eigenvalue weighted by Gasteiger charge is -2.24. The minimum Gasteiger partial charge on any atom is -0.463 e. The van der Waals surface area contributed by atoms with Gasteiger partial charge in [0.15, 0.2) is 10.6 Å². The largest absolute Gasteiger partial charge is 0.463 e. The van der Waals surface area contributed by atoms with E-state index in [1.54, 1.807) is 48.8 Å².